The molecular weight excluding hydrogens is 228 g/mol. The molecule has 90 valence electrons. The van der Waals surface area contributed by atoms with Gasteiger partial charge in [0.1, 0.15) is 6.42 Å². The van der Waals surface area contributed by atoms with Crippen molar-refractivity contribution in [2.75, 3.05) is 6.61 Å². The van der Waals surface area contributed by atoms with Crippen LogP contribution < -0.4 is 0 Å². The van der Waals surface area contributed by atoms with E-state index in [1.165, 1.54) is 6.07 Å². The predicted octanol–water partition coefficient (Wildman–Crippen LogP) is 1.13. The van der Waals surface area contributed by atoms with Gasteiger partial charge in [0.05, 0.1) is 12.2 Å². The number of hydrogen-bond donors (Lipinski definition) is 0. The van der Waals surface area contributed by atoms with Crippen molar-refractivity contribution in [1.82, 2.24) is 4.98 Å². The molecule has 0 bridgehead atoms. The molecule has 0 radical (unpaired) electrons. The zero-order valence-corrected chi connectivity index (χ0v) is 9.08. The van der Waals surface area contributed by atoms with Crippen LogP contribution in [0.5, 0.6) is 0 Å². The van der Waals surface area contributed by atoms with Crippen LogP contribution in [0.3, 0.4) is 0 Å². The summed E-state index contributed by atoms with van der Waals surface area (Å²) >= 11 is 0. The van der Waals surface area contributed by atoms with Crippen molar-refractivity contribution in [3.8, 4) is 0 Å². The minimum absolute atomic E-state index is 0.142. The first-order valence-electron chi connectivity index (χ1n) is 4.84. The molecule has 0 aromatic carbocycles. The predicted molar refractivity (Wildman–Crippen MR) is 56.5 cm³/mol. The molecule has 0 aliphatic carbocycles. The number of esters is 1. The zero-order valence-electron chi connectivity index (χ0n) is 9.08. The molecule has 0 saturated heterocycles. The molecule has 0 aliphatic heterocycles. The Morgan fingerprint density at radius 3 is 2.65 bits per heavy atom. The van der Waals surface area contributed by atoms with Crippen molar-refractivity contribution in [3.05, 3.63) is 34.0 Å². The van der Waals surface area contributed by atoms with Gasteiger partial charge >= 0.3 is 11.8 Å². The van der Waals surface area contributed by atoms with E-state index >= 15 is 0 Å². The van der Waals surface area contributed by atoms with Gasteiger partial charge in [0.2, 0.25) is 0 Å². The molecule has 0 spiro atoms. The highest BCUT2D eigenvalue weighted by molar-refractivity contribution is 6.05. The number of nitro groups is 1. The van der Waals surface area contributed by atoms with Gasteiger partial charge in [-0.05, 0) is 22.9 Å². The molecule has 7 heteroatoms. The highest BCUT2D eigenvalue weighted by atomic mass is 16.6. The monoisotopic (exact) mass is 238 g/mol. The maximum absolute atomic E-state index is 11.5. The normalized spacial score (nSPS) is 9.71. The van der Waals surface area contributed by atoms with Crippen LogP contribution in [0.2, 0.25) is 0 Å². The molecule has 0 amide bonds. The lowest BCUT2D eigenvalue weighted by Gasteiger charge is -2.00. The molecule has 0 fully saturated rings. The summed E-state index contributed by atoms with van der Waals surface area (Å²) in [5.74, 6) is -1.46. The molecule has 1 aromatic rings. The third-order valence-corrected chi connectivity index (χ3v) is 1.87. The molecular formula is C10H10N2O5. The smallest absolute Gasteiger partial charge is 0.363 e. The second-order valence-electron chi connectivity index (χ2n) is 3.07. The summed E-state index contributed by atoms with van der Waals surface area (Å²) in [5.41, 5.74) is 0.142. The standard InChI is InChI=1S/C10H10N2O5/c1-2-17-10(14)5-8(13)7-3-4-9(11-6-7)12(15)16/h3-4,6H,2,5H2,1H3. The maximum atomic E-state index is 11.5. The average Bonchev–Trinajstić information content (AvgIpc) is 2.29. The van der Waals surface area contributed by atoms with Gasteiger partial charge < -0.3 is 14.9 Å². The fourth-order valence-corrected chi connectivity index (χ4v) is 1.10. The number of Topliss-reactive ketones (excluding diaryl/α,β-unsaturated/α-hetero) is 1. The number of hydrogen-bond acceptors (Lipinski definition) is 6. The number of pyridine rings is 1. The molecule has 0 saturated carbocycles. The first-order valence-corrected chi connectivity index (χ1v) is 4.84. The molecule has 1 rings (SSSR count). The number of carbonyl (C=O) groups excluding carboxylic acids is 2. The maximum Gasteiger partial charge on any atom is 0.363 e. The van der Waals surface area contributed by atoms with Crippen molar-refractivity contribution in [1.29, 1.82) is 0 Å². The first-order chi connectivity index (χ1) is 8.04. The Morgan fingerprint density at radius 2 is 2.18 bits per heavy atom. The Kier molecular flexibility index (Phi) is 4.27. The van der Waals surface area contributed by atoms with Crippen LogP contribution in [-0.4, -0.2) is 28.3 Å². The molecule has 1 aromatic heterocycles. The van der Waals surface area contributed by atoms with Crippen LogP contribution in [0.25, 0.3) is 0 Å². The number of nitrogens with zero attached hydrogens (tertiary/aromatic N) is 2. The van der Waals surface area contributed by atoms with Gasteiger partial charge in [-0.25, -0.2) is 0 Å². The second-order valence-corrected chi connectivity index (χ2v) is 3.07. The van der Waals surface area contributed by atoms with Crippen LogP contribution in [0.1, 0.15) is 23.7 Å². The van der Waals surface area contributed by atoms with E-state index in [2.05, 4.69) is 9.72 Å². The number of ether oxygens (including phenoxy) is 1. The Bertz CT molecular complexity index is 441. The Balaban J connectivity index is 2.70. The molecule has 1 heterocycles. The van der Waals surface area contributed by atoms with Crippen molar-refractivity contribution in [2.24, 2.45) is 0 Å². The molecule has 7 nitrogen and oxygen atoms in total. The molecule has 0 atom stereocenters. The van der Waals surface area contributed by atoms with E-state index in [0.29, 0.717) is 0 Å². The van der Waals surface area contributed by atoms with E-state index in [9.17, 15) is 19.7 Å². The minimum atomic E-state index is -0.667. The average molecular weight is 238 g/mol. The summed E-state index contributed by atoms with van der Waals surface area (Å²) in [6.45, 7) is 1.83. The van der Waals surface area contributed by atoms with Crippen LogP contribution in [0, 0.1) is 10.1 Å². The van der Waals surface area contributed by atoms with Crippen molar-refractivity contribution >= 4 is 17.6 Å². The third kappa shape index (κ3) is 3.63. The number of rotatable bonds is 5. The lowest BCUT2D eigenvalue weighted by Crippen LogP contribution is -2.11. The van der Waals surface area contributed by atoms with E-state index in [1.54, 1.807) is 6.92 Å². The highest BCUT2D eigenvalue weighted by Crippen LogP contribution is 2.09. The van der Waals surface area contributed by atoms with E-state index in [4.69, 9.17) is 0 Å². The summed E-state index contributed by atoms with van der Waals surface area (Å²) in [5, 5.41) is 10.3. The fourth-order valence-electron chi connectivity index (χ4n) is 1.10. The van der Waals surface area contributed by atoms with Crippen LogP contribution in [0.4, 0.5) is 5.82 Å². The number of aromatic nitrogens is 1. The molecule has 0 unspecified atom stereocenters. The molecule has 17 heavy (non-hydrogen) atoms. The van der Waals surface area contributed by atoms with E-state index in [-0.39, 0.29) is 18.0 Å². The minimum Gasteiger partial charge on any atom is -0.466 e. The topological polar surface area (TPSA) is 99.4 Å². The van der Waals surface area contributed by atoms with Gasteiger partial charge in [0.25, 0.3) is 0 Å². The lowest BCUT2D eigenvalue weighted by molar-refractivity contribution is -0.389. The van der Waals surface area contributed by atoms with Gasteiger partial charge in [-0.2, -0.15) is 0 Å². The van der Waals surface area contributed by atoms with Crippen molar-refractivity contribution in [2.45, 2.75) is 13.3 Å². The summed E-state index contributed by atoms with van der Waals surface area (Å²) in [7, 11) is 0. The largest absolute Gasteiger partial charge is 0.466 e. The van der Waals surface area contributed by atoms with Gasteiger partial charge in [0, 0.05) is 6.07 Å². The summed E-state index contributed by atoms with van der Waals surface area (Å²) in [4.78, 5) is 35.7. The van der Waals surface area contributed by atoms with Crippen molar-refractivity contribution in [3.63, 3.8) is 0 Å². The molecule has 0 aliphatic rings. The SMILES string of the molecule is CCOC(=O)CC(=O)c1ccc([N+](=O)[O-])nc1. The quantitative estimate of drug-likeness (QED) is 0.250. The number of carbonyl (C=O) groups is 2. The Labute approximate surface area is 96.6 Å². The summed E-state index contributed by atoms with van der Waals surface area (Å²) in [6, 6.07) is 2.37. The zero-order chi connectivity index (χ0) is 12.8. The van der Waals surface area contributed by atoms with E-state index in [0.717, 1.165) is 12.3 Å². The Morgan fingerprint density at radius 1 is 1.47 bits per heavy atom. The Hall–Kier alpha value is -2.31. The third-order valence-electron chi connectivity index (χ3n) is 1.87. The van der Waals surface area contributed by atoms with Crippen LogP contribution in [0.15, 0.2) is 18.3 Å². The van der Waals surface area contributed by atoms with Gasteiger partial charge in [-0.15, -0.1) is 0 Å². The first kappa shape index (κ1) is 12.8. The summed E-state index contributed by atoms with van der Waals surface area (Å²) in [6.07, 6.45) is 0.674. The van der Waals surface area contributed by atoms with E-state index < -0.39 is 23.1 Å². The highest BCUT2D eigenvalue weighted by Gasteiger charge is 2.15. The van der Waals surface area contributed by atoms with Crippen LogP contribution >= 0.6 is 0 Å². The van der Waals surface area contributed by atoms with Crippen molar-refractivity contribution < 1.29 is 19.2 Å². The van der Waals surface area contributed by atoms with Crippen LogP contribution in [-0.2, 0) is 9.53 Å². The van der Waals surface area contributed by atoms with Gasteiger partial charge in [-0.3, -0.25) is 9.59 Å². The molecule has 0 N–H and O–H groups in total. The number of ketones is 1. The second kappa shape index (κ2) is 5.69. The summed E-state index contributed by atoms with van der Waals surface area (Å²) < 4.78 is 4.61. The van der Waals surface area contributed by atoms with Gasteiger partial charge in [0.15, 0.2) is 12.0 Å². The van der Waals surface area contributed by atoms with E-state index in [1.807, 2.05) is 0 Å². The fraction of sp³-hybridized carbons (Fsp3) is 0.300. The van der Waals surface area contributed by atoms with Gasteiger partial charge in [-0.1, -0.05) is 0 Å². The lowest BCUT2D eigenvalue weighted by atomic mass is 10.1.